The molecule has 0 saturated carbocycles. The van der Waals surface area contributed by atoms with E-state index >= 15 is 0 Å². The summed E-state index contributed by atoms with van der Waals surface area (Å²) >= 11 is 6.08. The first-order valence-corrected chi connectivity index (χ1v) is 7.51. The van der Waals surface area contributed by atoms with Crippen molar-refractivity contribution in [2.24, 2.45) is 5.92 Å². The molecular weight excluding hydrogens is 336 g/mol. The smallest absolute Gasteiger partial charge is 0.308 e. The number of hydrogen-bond donors (Lipinski definition) is 2. The molecule has 1 aromatic carbocycles. The SMILES string of the molecule is O=C(Nc1cc(N2C[C@H](C(=O)O)CC2=O)ccc1Cl)c1ccco1. The number of rotatable bonds is 4. The number of amides is 2. The Balaban J connectivity index is 1.83. The minimum absolute atomic E-state index is 0.0496. The van der Waals surface area contributed by atoms with Crippen molar-refractivity contribution in [2.75, 3.05) is 16.8 Å². The zero-order valence-electron chi connectivity index (χ0n) is 12.4. The number of carboxylic acid groups (broad SMARTS) is 1. The highest BCUT2D eigenvalue weighted by atomic mass is 35.5. The number of carboxylic acids is 1. The van der Waals surface area contributed by atoms with E-state index in [9.17, 15) is 14.4 Å². The first-order chi connectivity index (χ1) is 11.5. The molecule has 0 aliphatic carbocycles. The molecule has 1 aliphatic rings. The number of anilines is 2. The molecule has 1 atom stereocenters. The molecule has 124 valence electrons. The Hall–Kier alpha value is -2.80. The van der Waals surface area contributed by atoms with Crippen LogP contribution in [-0.4, -0.2) is 29.4 Å². The number of aliphatic carboxylic acids is 1. The summed E-state index contributed by atoms with van der Waals surface area (Å²) in [6, 6.07) is 7.77. The van der Waals surface area contributed by atoms with Crippen molar-refractivity contribution in [1.29, 1.82) is 0 Å². The zero-order chi connectivity index (χ0) is 17.3. The van der Waals surface area contributed by atoms with Crippen LogP contribution in [-0.2, 0) is 9.59 Å². The van der Waals surface area contributed by atoms with Crippen LogP contribution >= 0.6 is 11.6 Å². The maximum absolute atomic E-state index is 12.0. The van der Waals surface area contributed by atoms with Crippen molar-refractivity contribution >= 4 is 40.8 Å². The Morgan fingerprint density at radius 3 is 2.75 bits per heavy atom. The van der Waals surface area contributed by atoms with Crippen molar-refractivity contribution in [3.63, 3.8) is 0 Å². The van der Waals surface area contributed by atoms with Crippen LogP contribution in [0.1, 0.15) is 17.0 Å². The van der Waals surface area contributed by atoms with Gasteiger partial charge in [0.15, 0.2) is 5.76 Å². The van der Waals surface area contributed by atoms with Gasteiger partial charge >= 0.3 is 5.97 Å². The molecule has 0 bridgehead atoms. The van der Waals surface area contributed by atoms with Gasteiger partial charge in [-0.1, -0.05) is 11.6 Å². The number of nitrogens with zero attached hydrogens (tertiary/aromatic N) is 1. The molecule has 1 aliphatic heterocycles. The Morgan fingerprint density at radius 1 is 1.33 bits per heavy atom. The molecule has 2 amide bonds. The maximum atomic E-state index is 12.0. The predicted octanol–water partition coefficient (Wildman–Crippen LogP) is 2.62. The van der Waals surface area contributed by atoms with E-state index in [1.807, 2.05) is 0 Å². The molecule has 2 aromatic rings. The topological polar surface area (TPSA) is 99.9 Å². The summed E-state index contributed by atoms with van der Waals surface area (Å²) in [7, 11) is 0. The Kier molecular flexibility index (Phi) is 4.26. The van der Waals surface area contributed by atoms with Crippen LogP contribution < -0.4 is 10.2 Å². The molecule has 3 rings (SSSR count). The van der Waals surface area contributed by atoms with Crippen LogP contribution in [0.4, 0.5) is 11.4 Å². The van der Waals surface area contributed by atoms with Gasteiger partial charge in [0, 0.05) is 18.7 Å². The quantitative estimate of drug-likeness (QED) is 0.884. The van der Waals surface area contributed by atoms with Gasteiger partial charge in [-0.15, -0.1) is 0 Å². The number of halogens is 1. The molecule has 8 heteroatoms. The van der Waals surface area contributed by atoms with Crippen molar-refractivity contribution in [2.45, 2.75) is 6.42 Å². The molecule has 0 unspecified atom stereocenters. The summed E-state index contributed by atoms with van der Waals surface area (Å²) in [5, 5.41) is 11.9. The minimum atomic E-state index is -1.01. The zero-order valence-corrected chi connectivity index (χ0v) is 13.1. The lowest BCUT2D eigenvalue weighted by Crippen LogP contribution is -2.26. The third-order valence-electron chi connectivity index (χ3n) is 3.73. The monoisotopic (exact) mass is 348 g/mol. The number of benzene rings is 1. The van der Waals surface area contributed by atoms with Crippen LogP contribution in [0.2, 0.25) is 5.02 Å². The van der Waals surface area contributed by atoms with Gasteiger partial charge < -0.3 is 19.7 Å². The first kappa shape index (κ1) is 16.1. The third kappa shape index (κ3) is 3.11. The Morgan fingerprint density at radius 2 is 2.12 bits per heavy atom. The molecule has 2 N–H and O–H groups in total. The third-order valence-corrected chi connectivity index (χ3v) is 4.06. The Bertz CT molecular complexity index is 803. The molecular formula is C16H13ClN2O5. The number of carbonyl (C=O) groups is 3. The average Bonchev–Trinajstić information content (AvgIpc) is 3.19. The van der Waals surface area contributed by atoms with E-state index in [4.69, 9.17) is 21.1 Å². The Labute approximate surface area is 141 Å². The molecule has 1 fully saturated rings. The summed E-state index contributed by atoms with van der Waals surface area (Å²) in [6.45, 7) is 0.0847. The van der Waals surface area contributed by atoms with E-state index in [0.717, 1.165) is 0 Å². The van der Waals surface area contributed by atoms with E-state index in [2.05, 4.69) is 5.32 Å². The summed E-state index contributed by atoms with van der Waals surface area (Å²) in [4.78, 5) is 36.5. The van der Waals surface area contributed by atoms with Gasteiger partial charge in [-0.2, -0.15) is 0 Å². The number of furan rings is 1. The highest BCUT2D eigenvalue weighted by molar-refractivity contribution is 6.34. The molecule has 2 heterocycles. The largest absolute Gasteiger partial charge is 0.481 e. The number of nitrogens with one attached hydrogen (secondary N) is 1. The lowest BCUT2D eigenvalue weighted by atomic mass is 10.1. The van der Waals surface area contributed by atoms with Crippen LogP contribution in [0.5, 0.6) is 0 Å². The highest BCUT2D eigenvalue weighted by Crippen LogP contribution is 2.31. The summed E-state index contributed by atoms with van der Waals surface area (Å²) < 4.78 is 5.01. The number of hydrogen-bond acceptors (Lipinski definition) is 4. The highest BCUT2D eigenvalue weighted by Gasteiger charge is 2.35. The fourth-order valence-corrected chi connectivity index (χ4v) is 2.66. The van der Waals surface area contributed by atoms with E-state index in [-0.39, 0.29) is 24.6 Å². The molecule has 1 aromatic heterocycles. The van der Waals surface area contributed by atoms with Crippen molar-refractivity contribution < 1.29 is 23.9 Å². The van der Waals surface area contributed by atoms with E-state index < -0.39 is 17.8 Å². The van der Waals surface area contributed by atoms with Gasteiger partial charge in [0.1, 0.15) is 0 Å². The molecule has 0 spiro atoms. The van der Waals surface area contributed by atoms with Crippen LogP contribution in [0.25, 0.3) is 0 Å². The van der Waals surface area contributed by atoms with Crippen LogP contribution in [0, 0.1) is 5.92 Å². The maximum Gasteiger partial charge on any atom is 0.308 e. The van der Waals surface area contributed by atoms with Gasteiger partial charge in [-0.25, -0.2) is 0 Å². The normalized spacial score (nSPS) is 17.1. The van der Waals surface area contributed by atoms with E-state index in [0.29, 0.717) is 16.4 Å². The first-order valence-electron chi connectivity index (χ1n) is 7.13. The lowest BCUT2D eigenvalue weighted by Gasteiger charge is -2.18. The fourth-order valence-electron chi connectivity index (χ4n) is 2.49. The molecule has 1 saturated heterocycles. The molecule has 24 heavy (non-hydrogen) atoms. The minimum Gasteiger partial charge on any atom is -0.481 e. The van der Waals surface area contributed by atoms with Crippen molar-refractivity contribution in [1.82, 2.24) is 0 Å². The second kappa shape index (κ2) is 6.37. The fraction of sp³-hybridized carbons (Fsp3) is 0.188. The van der Waals surface area contributed by atoms with Gasteiger partial charge in [0.2, 0.25) is 5.91 Å². The number of carbonyl (C=O) groups excluding carboxylic acids is 2. The second-order valence-electron chi connectivity index (χ2n) is 5.34. The second-order valence-corrected chi connectivity index (χ2v) is 5.75. The van der Waals surface area contributed by atoms with Gasteiger partial charge in [0.25, 0.3) is 5.91 Å². The van der Waals surface area contributed by atoms with Crippen molar-refractivity contribution in [3.05, 3.63) is 47.4 Å². The standard InChI is InChI=1S/C16H13ClN2O5/c17-11-4-3-10(19-8-9(16(22)23)6-14(19)20)7-12(11)18-15(21)13-2-1-5-24-13/h1-5,7,9H,6,8H2,(H,18,21)(H,22,23)/t9-/m1/s1. The van der Waals surface area contributed by atoms with Gasteiger partial charge in [0.05, 0.1) is 22.9 Å². The van der Waals surface area contributed by atoms with E-state index in [1.54, 1.807) is 12.1 Å². The molecule has 7 nitrogen and oxygen atoms in total. The van der Waals surface area contributed by atoms with Gasteiger partial charge in [-0.3, -0.25) is 14.4 Å². The van der Waals surface area contributed by atoms with E-state index in [1.165, 1.54) is 29.4 Å². The average molecular weight is 349 g/mol. The molecule has 0 radical (unpaired) electrons. The van der Waals surface area contributed by atoms with Crippen LogP contribution in [0.15, 0.2) is 41.0 Å². The van der Waals surface area contributed by atoms with Gasteiger partial charge in [-0.05, 0) is 30.3 Å². The summed E-state index contributed by atoms with van der Waals surface area (Å²) in [6.07, 6.45) is 1.33. The predicted molar refractivity (Wildman–Crippen MR) is 86.2 cm³/mol. The van der Waals surface area contributed by atoms with Crippen molar-refractivity contribution in [3.8, 4) is 0 Å². The lowest BCUT2D eigenvalue weighted by molar-refractivity contribution is -0.141. The van der Waals surface area contributed by atoms with Crippen LogP contribution in [0.3, 0.4) is 0 Å². The summed E-state index contributed by atoms with van der Waals surface area (Å²) in [5.41, 5.74) is 0.782. The summed E-state index contributed by atoms with van der Waals surface area (Å²) in [5.74, 6) is -2.39.